The summed E-state index contributed by atoms with van der Waals surface area (Å²) >= 11 is 0. The van der Waals surface area contributed by atoms with Gasteiger partial charge in [0.2, 0.25) is 0 Å². The number of hydrogen-bond acceptors (Lipinski definition) is 3. The van der Waals surface area contributed by atoms with Crippen LogP contribution >= 0.6 is 0 Å². The molecule has 1 N–H and O–H groups in total. The SMILES string of the molecule is CCNC1C(CN(C)Cc2cccnc2)CCCC1(C)C. The third kappa shape index (κ3) is 4.52. The highest BCUT2D eigenvalue weighted by Gasteiger charge is 2.38. The van der Waals surface area contributed by atoms with E-state index in [0.29, 0.717) is 11.5 Å². The van der Waals surface area contributed by atoms with Gasteiger partial charge in [-0.2, -0.15) is 0 Å². The van der Waals surface area contributed by atoms with Gasteiger partial charge in [-0.3, -0.25) is 4.98 Å². The van der Waals surface area contributed by atoms with Gasteiger partial charge in [-0.05, 0) is 49.4 Å². The van der Waals surface area contributed by atoms with Crippen molar-refractivity contribution in [2.24, 2.45) is 11.3 Å². The lowest BCUT2D eigenvalue weighted by Gasteiger charge is -2.45. The topological polar surface area (TPSA) is 28.2 Å². The summed E-state index contributed by atoms with van der Waals surface area (Å²) < 4.78 is 0. The van der Waals surface area contributed by atoms with E-state index in [1.165, 1.54) is 24.8 Å². The summed E-state index contributed by atoms with van der Waals surface area (Å²) in [6.45, 7) is 10.3. The first kappa shape index (κ1) is 16.4. The fraction of sp³-hybridized carbons (Fsp3) is 0.722. The first-order chi connectivity index (χ1) is 10.0. The largest absolute Gasteiger partial charge is 0.313 e. The Hall–Kier alpha value is -0.930. The van der Waals surface area contributed by atoms with Crippen LogP contribution in [0.2, 0.25) is 0 Å². The Bertz CT molecular complexity index is 416. The fourth-order valence-corrected chi connectivity index (χ4v) is 3.91. The molecule has 3 heteroatoms. The molecule has 1 aromatic rings. The maximum atomic E-state index is 4.21. The van der Waals surface area contributed by atoms with E-state index in [4.69, 9.17) is 0 Å². The van der Waals surface area contributed by atoms with Crippen LogP contribution in [-0.4, -0.2) is 36.1 Å². The van der Waals surface area contributed by atoms with E-state index in [2.05, 4.69) is 49.1 Å². The van der Waals surface area contributed by atoms with Gasteiger partial charge >= 0.3 is 0 Å². The molecule has 2 unspecified atom stereocenters. The van der Waals surface area contributed by atoms with Crippen molar-refractivity contribution in [1.29, 1.82) is 0 Å². The quantitative estimate of drug-likeness (QED) is 0.871. The fourth-order valence-electron chi connectivity index (χ4n) is 3.91. The summed E-state index contributed by atoms with van der Waals surface area (Å²) in [5, 5.41) is 3.76. The van der Waals surface area contributed by atoms with Crippen molar-refractivity contribution < 1.29 is 0 Å². The number of hydrogen-bond donors (Lipinski definition) is 1. The Kier molecular flexibility index (Phi) is 5.77. The van der Waals surface area contributed by atoms with Crippen molar-refractivity contribution in [3.8, 4) is 0 Å². The molecule has 1 aromatic heterocycles. The van der Waals surface area contributed by atoms with Crippen LogP contribution in [0.3, 0.4) is 0 Å². The second kappa shape index (κ2) is 7.37. The van der Waals surface area contributed by atoms with Gasteiger partial charge in [0.15, 0.2) is 0 Å². The molecule has 1 aliphatic carbocycles. The van der Waals surface area contributed by atoms with Gasteiger partial charge in [0.1, 0.15) is 0 Å². The number of pyridine rings is 1. The standard InChI is InChI=1S/C18H31N3/c1-5-20-17-16(9-6-10-18(17,2)3)14-21(4)13-15-8-7-11-19-12-15/h7-8,11-12,16-17,20H,5-6,9-10,13-14H2,1-4H3. The van der Waals surface area contributed by atoms with Crippen molar-refractivity contribution in [3.05, 3.63) is 30.1 Å². The smallest absolute Gasteiger partial charge is 0.0312 e. The molecule has 0 aliphatic heterocycles. The minimum Gasteiger partial charge on any atom is -0.313 e. The average Bonchev–Trinajstić information content (AvgIpc) is 2.43. The van der Waals surface area contributed by atoms with Gasteiger partial charge in [0.25, 0.3) is 0 Å². The average molecular weight is 289 g/mol. The molecule has 0 amide bonds. The molecular weight excluding hydrogens is 258 g/mol. The van der Waals surface area contributed by atoms with Crippen molar-refractivity contribution in [2.45, 2.75) is 52.6 Å². The molecule has 21 heavy (non-hydrogen) atoms. The van der Waals surface area contributed by atoms with Crippen LogP contribution < -0.4 is 5.32 Å². The molecule has 1 heterocycles. The number of nitrogens with zero attached hydrogens (tertiary/aromatic N) is 2. The molecule has 0 saturated heterocycles. The maximum absolute atomic E-state index is 4.21. The molecule has 0 bridgehead atoms. The zero-order valence-corrected chi connectivity index (χ0v) is 14.1. The molecule has 0 aromatic carbocycles. The van der Waals surface area contributed by atoms with Crippen molar-refractivity contribution in [2.75, 3.05) is 20.1 Å². The first-order valence-electron chi connectivity index (χ1n) is 8.34. The number of rotatable bonds is 6. The monoisotopic (exact) mass is 289 g/mol. The van der Waals surface area contributed by atoms with E-state index in [1.807, 2.05) is 18.5 Å². The van der Waals surface area contributed by atoms with Gasteiger partial charge in [-0.25, -0.2) is 0 Å². The van der Waals surface area contributed by atoms with E-state index in [1.54, 1.807) is 0 Å². The lowest BCUT2D eigenvalue weighted by Crippen LogP contribution is -2.52. The number of aromatic nitrogens is 1. The van der Waals surface area contributed by atoms with Crippen LogP contribution in [0, 0.1) is 11.3 Å². The third-order valence-electron chi connectivity index (χ3n) is 4.85. The lowest BCUT2D eigenvalue weighted by molar-refractivity contribution is 0.0848. The molecule has 1 saturated carbocycles. The highest BCUT2D eigenvalue weighted by Crippen LogP contribution is 2.39. The van der Waals surface area contributed by atoms with Gasteiger partial charge in [-0.15, -0.1) is 0 Å². The van der Waals surface area contributed by atoms with Crippen molar-refractivity contribution in [1.82, 2.24) is 15.2 Å². The molecule has 118 valence electrons. The van der Waals surface area contributed by atoms with Crippen LogP contribution in [0.1, 0.15) is 45.6 Å². The molecule has 2 rings (SSSR count). The van der Waals surface area contributed by atoms with Gasteiger partial charge in [-0.1, -0.05) is 33.3 Å². The molecular formula is C18H31N3. The Labute approximate surface area is 130 Å². The molecule has 1 aliphatic rings. The zero-order chi connectivity index (χ0) is 15.3. The minimum absolute atomic E-state index is 0.411. The van der Waals surface area contributed by atoms with E-state index in [-0.39, 0.29) is 0 Å². The third-order valence-corrected chi connectivity index (χ3v) is 4.85. The van der Waals surface area contributed by atoms with E-state index >= 15 is 0 Å². The van der Waals surface area contributed by atoms with Crippen LogP contribution in [0.4, 0.5) is 0 Å². The molecule has 0 radical (unpaired) electrons. The Morgan fingerprint density at radius 3 is 2.90 bits per heavy atom. The van der Waals surface area contributed by atoms with Crippen LogP contribution in [0.5, 0.6) is 0 Å². The Morgan fingerprint density at radius 1 is 1.43 bits per heavy atom. The van der Waals surface area contributed by atoms with Crippen LogP contribution in [0.25, 0.3) is 0 Å². The minimum atomic E-state index is 0.411. The highest BCUT2D eigenvalue weighted by atomic mass is 15.1. The Balaban J connectivity index is 1.96. The second-order valence-electron chi connectivity index (χ2n) is 7.23. The first-order valence-corrected chi connectivity index (χ1v) is 8.34. The normalized spacial score (nSPS) is 25.2. The second-order valence-corrected chi connectivity index (χ2v) is 7.23. The summed E-state index contributed by atoms with van der Waals surface area (Å²) in [6.07, 6.45) is 7.86. The molecule has 3 nitrogen and oxygen atoms in total. The van der Waals surface area contributed by atoms with Gasteiger partial charge in [0, 0.05) is 31.5 Å². The van der Waals surface area contributed by atoms with E-state index in [0.717, 1.165) is 25.6 Å². The summed E-state index contributed by atoms with van der Waals surface area (Å²) in [4.78, 5) is 6.66. The summed E-state index contributed by atoms with van der Waals surface area (Å²) in [6, 6.07) is 4.82. The van der Waals surface area contributed by atoms with Crippen LogP contribution in [-0.2, 0) is 6.54 Å². The number of nitrogens with one attached hydrogen (secondary N) is 1. The molecule has 1 fully saturated rings. The zero-order valence-electron chi connectivity index (χ0n) is 14.1. The highest BCUT2D eigenvalue weighted by molar-refractivity contribution is 5.08. The van der Waals surface area contributed by atoms with Crippen molar-refractivity contribution in [3.63, 3.8) is 0 Å². The summed E-state index contributed by atoms with van der Waals surface area (Å²) in [7, 11) is 2.23. The van der Waals surface area contributed by atoms with E-state index < -0.39 is 0 Å². The van der Waals surface area contributed by atoms with E-state index in [9.17, 15) is 0 Å². The summed E-state index contributed by atoms with van der Waals surface area (Å²) in [5.74, 6) is 0.746. The molecule has 0 spiro atoms. The maximum Gasteiger partial charge on any atom is 0.0312 e. The summed E-state index contributed by atoms with van der Waals surface area (Å²) in [5.41, 5.74) is 1.71. The predicted molar refractivity (Wildman–Crippen MR) is 89.2 cm³/mol. The Morgan fingerprint density at radius 2 is 2.24 bits per heavy atom. The van der Waals surface area contributed by atoms with Crippen LogP contribution in [0.15, 0.2) is 24.5 Å². The van der Waals surface area contributed by atoms with Gasteiger partial charge in [0.05, 0.1) is 0 Å². The van der Waals surface area contributed by atoms with Gasteiger partial charge < -0.3 is 10.2 Å². The molecule has 2 atom stereocenters. The predicted octanol–water partition coefficient (Wildman–Crippen LogP) is 3.32. The van der Waals surface area contributed by atoms with Crippen molar-refractivity contribution >= 4 is 0 Å². The lowest BCUT2D eigenvalue weighted by atomic mass is 9.67.